The van der Waals surface area contributed by atoms with E-state index in [1.165, 1.54) is 4.90 Å². The molecule has 0 unspecified atom stereocenters. The molecule has 0 bridgehead atoms. The van der Waals surface area contributed by atoms with Crippen LogP contribution in [-0.2, 0) is 19.1 Å². The number of hydrogen-bond acceptors (Lipinski definition) is 8. The van der Waals surface area contributed by atoms with E-state index >= 15 is 0 Å². The molecule has 140 valence electrons. The van der Waals surface area contributed by atoms with Crippen molar-refractivity contribution in [1.29, 1.82) is 0 Å². The number of nitrogens with zero attached hydrogens (tertiary/aromatic N) is 3. The van der Waals surface area contributed by atoms with E-state index in [-0.39, 0.29) is 42.7 Å². The summed E-state index contributed by atoms with van der Waals surface area (Å²) in [6.45, 7) is 1.49. The molecule has 0 saturated carbocycles. The molecule has 1 aromatic heterocycles. The van der Waals surface area contributed by atoms with Crippen LogP contribution in [0.3, 0.4) is 0 Å². The second-order valence-electron chi connectivity index (χ2n) is 5.22. The highest BCUT2D eigenvalue weighted by atomic mass is 35.5. The molecular weight excluding hydrogens is 366 g/mol. The molecular formula is C15H18ClN5O5. The zero-order valence-corrected chi connectivity index (χ0v) is 15.0. The third-order valence-electron chi connectivity index (χ3n) is 3.33. The van der Waals surface area contributed by atoms with Gasteiger partial charge >= 0.3 is 18.0 Å². The van der Waals surface area contributed by atoms with Gasteiger partial charge in [0.25, 0.3) is 0 Å². The molecule has 2 heterocycles. The number of esters is 2. The average Bonchev–Trinajstić information content (AvgIpc) is 2.60. The summed E-state index contributed by atoms with van der Waals surface area (Å²) in [6, 6.07) is 2.67. The number of ether oxygens (including phenoxy) is 2. The standard InChI is InChI=1S/C15H18ClN5O5/c1-3-25-14(23)9-6-17-15(24)18-10(9)8-26-13(22)7-21(2)12-5-4-11(16)19-20-12/h4-5H,3,6-8H2,1-2H3,(H2,17,18,24). The van der Waals surface area contributed by atoms with Gasteiger partial charge in [0, 0.05) is 7.05 Å². The Morgan fingerprint density at radius 3 is 2.73 bits per heavy atom. The van der Waals surface area contributed by atoms with Crippen molar-refractivity contribution < 1.29 is 23.9 Å². The molecule has 0 aromatic carbocycles. The maximum atomic E-state index is 12.0. The summed E-state index contributed by atoms with van der Waals surface area (Å²) in [4.78, 5) is 36.9. The minimum Gasteiger partial charge on any atom is -0.463 e. The lowest BCUT2D eigenvalue weighted by molar-refractivity contribution is -0.142. The first-order valence-corrected chi connectivity index (χ1v) is 8.08. The number of likely N-dealkylation sites (N-methyl/N-ethyl adjacent to an activating group) is 1. The van der Waals surface area contributed by atoms with Gasteiger partial charge in [0.15, 0.2) is 11.0 Å². The number of anilines is 1. The van der Waals surface area contributed by atoms with Gasteiger partial charge in [-0.2, -0.15) is 0 Å². The molecule has 1 aromatic rings. The Morgan fingerprint density at radius 1 is 1.31 bits per heavy atom. The number of hydrogen-bond donors (Lipinski definition) is 2. The molecule has 10 nitrogen and oxygen atoms in total. The zero-order valence-electron chi connectivity index (χ0n) is 14.2. The smallest absolute Gasteiger partial charge is 0.337 e. The van der Waals surface area contributed by atoms with Crippen LogP contribution < -0.4 is 15.5 Å². The van der Waals surface area contributed by atoms with Crippen LogP contribution in [0.5, 0.6) is 0 Å². The predicted octanol–water partition coefficient (Wildman–Crippen LogP) is 0.239. The quantitative estimate of drug-likeness (QED) is 0.642. The number of halogens is 1. The maximum Gasteiger partial charge on any atom is 0.337 e. The molecule has 11 heteroatoms. The van der Waals surface area contributed by atoms with Crippen LogP contribution in [0, 0.1) is 0 Å². The van der Waals surface area contributed by atoms with E-state index in [0.717, 1.165) is 0 Å². The van der Waals surface area contributed by atoms with E-state index in [1.807, 2.05) is 0 Å². The van der Waals surface area contributed by atoms with Crippen LogP contribution in [0.1, 0.15) is 6.92 Å². The molecule has 0 saturated heterocycles. The van der Waals surface area contributed by atoms with Gasteiger partial charge in [-0.25, -0.2) is 9.59 Å². The number of carbonyl (C=O) groups excluding carboxylic acids is 3. The highest BCUT2D eigenvalue weighted by Gasteiger charge is 2.24. The van der Waals surface area contributed by atoms with E-state index < -0.39 is 18.0 Å². The number of aromatic nitrogens is 2. The molecule has 1 aliphatic heterocycles. The van der Waals surface area contributed by atoms with Crippen molar-refractivity contribution in [2.24, 2.45) is 0 Å². The second-order valence-corrected chi connectivity index (χ2v) is 5.60. The summed E-state index contributed by atoms with van der Waals surface area (Å²) in [5.41, 5.74) is 0.394. The Labute approximate surface area is 154 Å². The molecule has 0 spiro atoms. The third-order valence-corrected chi connectivity index (χ3v) is 3.53. The number of carbonyl (C=O) groups is 3. The van der Waals surface area contributed by atoms with Gasteiger partial charge in [-0.15, -0.1) is 10.2 Å². The lowest BCUT2D eigenvalue weighted by Gasteiger charge is -2.22. The molecule has 26 heavy (non-hydrogen) atoms. The van der Waals surface area contributed by atoms with Gasteiger partial charge < -0.3 is 25.0 Å². The van der Waals surface area contributed by atoms with Crippen LogP contribution in [0.25, 0.3) is 0 Å². The molecule has 0 aliphatic carbocycles. The number of rotatable bonds is 7. The minimum absolute atomic E-state index is 0.00217. The lowest BCUT2D eigenvalue weighted by atomic mass is 10.2. The first-order chi connectivity index (χ1) is 12.4. The van der Waals surface area contributed by atoms with E-state index in [1.54, 1.807) is 26.1 Å². The first-order valence-electron chi connectivity index (χ1n) is 7.70. The Bertz CT molecular complexity index is 722. The fourth-order valence-electron chi connectivity index (χ4n) is 2.05. The van der Waals surface area contributed by atoms with E-state index in [4.69, 9.17) is 21.1 Å². The maximum absolute atomic E-state index is 12.0. The van der Waals surface area contributed by atoms with Gasteiger partial charge in [0.1, 0.15) is 13.2 Å². The van der Waals surface area contributed by atoms with E-state index in [9.17, 15) is 14.4 Å². The van der Waals surface area contributed by atoms with Crippen molar-refractivity contribution in [3.05, 3.63) is 28.6 Å². The summed E-state index contributed by atoms with van der Waals surface area (Å²) in [7, 11) is 1.63. The molecule has 0 fully saturated rings. The van der Waals surface area contributed by atoms with Crippen LogP contribution in [0.15, 0.2) is 23.4 Å². The van der Waals surface area contributed by atoms with Crippen LogP contribution >= 0.6 is 11.6 Å². The number of amides is 2. The van der Waals surface area contributed by atoms with Crippen molar-refractivity contribution in [1.82, 2.24) is 20.8 Å². The summed E-state index contributed by atoms with van der Waals surface area (Å²) < 4.78 is 10.1. The summed E-state index contributed by atoms with van der Waals surface area (Å²) in [6.07, 6.45) is 0. The molecule has 2 rings (SSSR count). The van der Waals surface area contributed by atoms with Gasteiger partial charge in [0.2, 0.25) is 0 Å². The highest BCUT2D eigenvalue weighted by Crippen LogP contribution is 2.11. The summed E-state index contributed by atoms with van der Waals surface area (Å²) >= 11 is 5.67. The molecule has 1 aliphatic rings. The van der Waals surface area contributed by atoms with Crippen LogP contribution in [-0.4, -0.2) is 61.5 Å². The van der Waals surface area contributed by atoms with Crippen LogP contribution in [0.4, 0.5) is 10.6 Å². The minimum atomic E-state index is -0.584. The Hall–Kier alpha value is -2.88. The Kier molecular flexibility index (Phi) is 6.73. The van der Waals surface area contributed by atoms with Gasteiger partial charge in [-0.1, -0.05) is 11.6 Å². The van der Waals surface area contributed by atoms with Gasteiger partial charge in [0.05, 0.1) is 24.4 Å². The molecule has 2 amide bonds. The normalized spacial score (nSPS) is 13.6. The van der Waals surface area contributed by atoms with Crippen molar-refractivity contribution in [3.8, 4) is 0 Å². The third kappa shape index (κ3) is 5.31. The van der Waals surface area contributed by atoms with Gasteiger partial charge in [-0.05, 0) is 19.1 Å². The summed E-state index contributed by atoms with van der Waals surface area (Å²) in [5, 5.41) is 12.7. The fourth-order valence-corrected chi connectivity index (χ4v) is 2.16. The van der Waals surface area contributed by atoms with Gasteiger partial charge in [-0.3, -0.25) is 4.79 Å². The fraction of sp³-hybridized carbons (Fsp3) is 0.400. The zero-order chi connectivity index (χ0) is 19.1. The van der Waals surface area contributed by atoms with Crippen molar-refractivity contribution >= 4 is 35.4 Å². The molecule has 2 N–H and O–H groups in total. The molecule has 0 atom stereocenters. The molecule has 0 radical (unpaired) electrons. The topological polar surface area (TPSA) is 123 Å². The van der Waals surface area contributed by atoms with E-state index in [0.29, 0.717) is 5.82 Å². The predicted molar refractivity (Wildman–Crippen MR) is 91.5 cm³/mol. The lowest BCUT2D eigenvalue weighted by Crippen LogP contribution is -2.45. The van der Waals surface area contributed by atoms with Crippen molar-refractivity contribution in [2.75, 3.05) is 38.3 Å². The second kappa shape index (κ2) is 8.99. The summed E-state index contributed by atoms with van der Waals surface area (Å²) in [5.74, 6) is -0.722. The Balaban J connectivity index is 1.96. The average molecular weight is 384 g/mol. The van der Waals surface area contributed by atoms with Crippen molar-refractivity contribution in [3.63, 3.8) is 0 Å². The monoisotopic (exact) mass is 383 g/mol. The number of urea groups is 1. The first kappa shape index (κ1) is 19.4. The van der Waals surface area contributed by atoms with Crippen molar-refractivity contribution in [2.45, 2.75) is 6.92 Å². The van der Waals surface area contributed by atoms with Crippen LogP contribution in [0.2, 0.25) is 5.15 Å². The highest BCUT2D eigenvalue weighted by molar-refractivity contribution is 6.29. The number of nitrogens with one attached hydrogen (secondary N) is 2. The van der Waals surface area contributed by atoms with E-state index in [2.05, 4.69) is 20.8 Å². The largest absolute Gasteiger partial charge is 0.463 e. The Morgan fingerprint density at radius 2 is 2.08 bits per heavy atom. The SMILES string of the molecule is CCOC(=O)C1=C(COC(=O)CN(C)c2ccc(Cl)nn2)NC(=O)NC1.